The van der Waals surface area contributed by atoms with Crippen molar-refractivity contribution in [1.29, 1.82) is 0 Å². The number of allylic oxidation sites excluding steroid dienone is 2. The lowest BCUT2D eigenvalue weighted by molar-refractivity contribution is -0.302. The lowest BCUT2D eigenvalue weighted by Crippen LogP contribution is -2.60. The number of nitrogens with one attached hydrogen (secondary N) is 1. The Morgan fingerprint density at radius 3 is 1.14 bits per heavy atom. The van der Waals surface area contributed by atoms with E-state index in [2.05, 4.69) is 31.3 Å². The van der Waals surface area contributed by atoms with Crippen molar-refractivity contribution in [3.05, 3.63) is 12.2 Å². The number of amides is 1. The average molecular weight is 1010 g/mol. The van der Waals surface area contributed by atoms with Crippen molar-refractivity contribution >= 4 is 5.91 Å². The Morgan fingerprint density at radius 1 is 0.465 bits per heavy atom. The number of ether oxygens (including phenoxy) is 2. The van der Waals surface area contributed by atoms with Crippen molar-refractivity contribution in [2.24, 2.45) is 0 Å². The van der Waals surface area contributed by atoms with E-state index in [0.29, 0.717) is 12.8 Å². The van der Waals surface area contributed by atoms with Gasteiger partial charge in [0, 0.05) is 0 Å². The van der Waals surface area contributed by atoms with Gasteiger partial charge in [0.25, 0.3) is 0 Å². The Hall–Kier alpha value is -1.11. The van der Waals surface area contributed by atoms with E-state index in [0.717, 1.165) is 44.9 Å². The summed E-state index contributed by atoms with van der Waals surface area (Å²) in [5.74, 6) is -0.579. The summed E-state index contributed by atoms with van der Waals surface area (Å²) >= 11 is 0. The second-order valence-electron chi connectivity index (χ2n) is 22.0. The number of hydrogen-bond acceptors (Lipinski definition) is 9. The molecular formula is C61H119NO9. The molecule has 0 aromatic carbocycles. The van der Waals surface area contributed by atoms with Gasteiger partial charge < -0.3 is 45.4 Å². The van der Waals surface area contributed by atoms with Crippen LogP contribution in [-0.2, 0) is 14.3 Å². The molecule has 1 rings (SSSR count). The minimum atomic E-state index is -1.59. The molecule has 8 unspecified atom stereocenters. The molecular weight excluding hydrogens is 891 g/mol. The fourth-order valence-electron chi connectivity index (χ4n) is 10.2. The van der Waals surface area contributed by atoms with Crippen molar-refractivity contribution in [2.45, 2.75) is 358 Å². The highest BCUT2D eigenvalue weighted by Gasteiger charge is 2.44. The third kappa shape index (κ3) is 39.9. The molecule has 10 heteroatoms. The van der Waals surface area contributed by atoms with Crippen LogP contribution in [0.15, 0.2) is 12.2 Å². The predicted octanol–water partition coefficient (Wildman–Crippen LogP) is 14.6. The lowest BCUT2D eigenvalue weighted by Gasteiger charge is -2.40. The van der Waals surface area contributed by atoms with Gasteiger partial charge in [0.15, 0.2) is 6.29 Å². The summed E-state index contributed by atoms with van der Waals surface area (Å²) in [6, 6.07) is -0.890. The molecule has 422 valence electrons. The van der Waals surface area contributed by atoms with Crippen molar-refractivity contribution in [1.82, 2.24) is 5.32 Å². The van der Waals surface area contributed by atoms with E-state index in [-0.39, 0.29) is 6.61 Å². The van der Waals surface area contributed by atoms with Crippen LogP contribution in [0.3, 0.4) is 0 Å². The van der Waals surface area contributed by atoms with Gasteiger partial charge in [-0.15, -0.1) is 0 Å². The number of aliphatic hydroxyl groups excluding tert-OH is 6. The molecule has 0 spiro atoms. The lowest BCUT2D eigenvalue weighted by atomic mass is 9.99. The zero-order chi connectivity index (χ0) is 51.7. The van der Waals surface area contributed by atoms with Crippen molar-refractivity contribution in [3.8, 4) is 0 Å². The predicted molar refractivity (Wildman–Crippen MR) is 297 cm³/mol. The van der Waals surface area contributed by atoms with Crippen LogP contribution >= 0.6 is 0 Å². The number of carbonyl (C=O) groups excluding carboxylic acids is 1. The first-order valence-electron chi connectivity index (χ1n) is 31.0. The molecule has 0 aromatic heterocycles. The zero-order valence-electron chi connectivity index (χ0n) is 46.6. The molecule has 1 fully saturated rings. The summed E-state index contributed by atoms with van der Waals surface area (Å²) in [6.45, 7) is 3.70. The standard InChI is InChI=1S/C61H119NO9/c1-3-5-7-9-11-13-15-17-18-19-20-21-22-23-24-25-26-27-28-29-30-31-32-33-34-35-36-37-38-40-42-44-46-48-50-55(65)60(69)62-53(52-70-61-59(68)58(67)57(66)56(51-63)71-61)54(64)49-47-45-43-41-39-16-14-12-10-8-6-4-2/h25-26,53-59,61,63-68H,3-24,27-52H2,1-2H3,(H,62,69)/b26-25-. The third-order valence-corrected chi connectivity index (χ3v) is 15.2. The molecule has 10 nitrogen and oxygen atoms in total. The molecule has 8 atom stereocenters. The molecule has 0 saturated carbocycles. The topological polar surface area (TPSA) is 169 Å². The first kappa shape index (κ1) is 67.9. The molecule has 1 amide bonds. The van der Waals surface area contributed by atoms with Crippen molar-refractivity contribution < 1.29 is 44.9 Å². The Kier molecular flexibility index (Phi) is 48.8. The van der Waals surface area contributed by atoms with E-state index in [1.54, 1.807) is 0 Å². The second kappa shape index (κ2) is 51.0. The van der Waals surface area contributed by atoms with Crippen LogP contribution < -0.4 is 5.32 Å². The SMILES string of the molecule is CCCCCCCCCCCCCCCC/C=C\CCCCCCCCCCCCCCCCCCC(O)C(=O)NC(COC1OC(CO)C(O)C(O)C1O)C(O)CCCCCCCCCCCCCC. The molecule has 1 aliphatic rings. The molecule has 0 aliphatic carbocycles. The Bertz CT molecular complexity index is 1140. The zero-order valence-corrected chi connectivity index (χ0v) is 46.6. The summed E-state index contributed by atoms with van der Waals surface area (Å²) in [4.78, 5) is 13.1. The minimum absolute atomic E-state index is 0.251. The van der Waals surface area contributed by atoms with E-state index in [9.17, 15) is 35.4 Å². The fraction of sp³-hybridized carbons (Fsp3) is 0.951. The van der Waals surface area contributed by atoms with Crippen molar-refractivity contribution in [3.63, 3.8) is 0 Å². The van der Waals surface area contributed by atoms with Crippen LogP contribution in [0.4, 0.5) is 0 Å². The molecule has 1 saturated heterocycles. The van der Waals surface area contributed by atoms with E-state index in [1.165, 1.54) is 238 Å². The summed E-state index contributed by atoms with van der Waals surface area (Å²) in [5, 5.41) is 65.1. The van der Waals surface area contributed by atoms with Gasteiger partial charge in [0.1, 0.15) is 30.5 Å². The van der Waals surface area contributed by atoms with Crippen LogP contribution in [0.5, 0.6) is 0 Å². The number of rotatable bonds is 54. The second-order valence-corrected chi connectivity index (χ2v) is 22.0. The van der Waals surface area contributed by atoms with Crippen LogP contribution in [0.2, 0.25) is 0 Å². The maximum absolute atomic E-state index is 13.1. The Labute approximate surface area is 438 Å². The van der Waals surface area contributed by atoms with E-state index in [4.69, 9.17) is 9.47 Å². The Balaban J connectivity index is 2.09. The normalized spacial score (nSPS) is 19.7. The molecule has 1 heterocycles. The number of carbonyl (C=O) groups is 1. The van der Waals surface area contributed by atoms with Gasteiger partial charge in [0.05, 0.1) is 25.4 Å². The quantitative estimate of drug-likeness (QED) is 0.0232. The third-order valence-electron chi connectivity index (χ3n) is 15.2. The fourth-order valence-corrected chi connectivity index (χ4v) is 10.2. The van der Waals surface area contributed by atoms with Crippen molar-refractivity contribution in [2.75, 3.05) is 13.2 Å². The van der Waals surface area contributed by atoms with E-state index >= 15 is 0 Å². The smallest absolute Gasteiger partial charge is 0.249 e. The highest BCUT2D eigenvalue weighted by atomic mass is 16.7. The summed E-state index contributed by atoms with van der Waals surface area (Å²) in [7, 11) is 0. The van der Waals surface area contributed by atoms with Gasteiger partial charge in [-0.2, -0.15) is 0 Å². The average Bonchev–Trinajstić information content (AvgIpc) is 3.37. The van der Waals surface area contributed by atoms with Gasteiger partial charge >= 0.3 is 0 Å². The van der Waals surface area contributed by atoms with Gasteiger partial charge in [-0.1, -0.05) is 283 Å². The van der Waals surface area contributed by atoms with E-state index in [1.807, 2.05) is 0 Å². The van der Waals surface area contributed by atoms with Gasteiger partial charge in [-0.25, -0.2) is 0 Å². The number of hydrogen-bond donors (Lipinski definition) is 7. The first-order valence-corrected chi connectivity index (χ1v) is 31.0. The molecule has 7 N–H and O–H groups in total. The molecule has 71 heavy (non-hydrogen) atoms. The van der Waals surface area contributed by atoms with Gasteiger partial charge in [-0.05, 0) is 38.5 Å². The van der Waals surface area contributed by atoms with E-state index < -0.39 is 61.5 Å². The largest absolute Gasteiger partial charge is 0.394 e. The molecule has 0 radical (unpaired) electrons. The van der Waals surface area contributed by atoms with Gasteiger partial charge in [-0.3, -0.25) is 4.79 Å². The summed E-state index contributed by atoms with van der Waals surface area (Å²) in [5.41, 5.74) is 0. The van der Waals surface area contributed by atoms with Crippen LogP contribution in [0.1, 0.15) is 309 Å². The first-order chi connectivity index (χ1) is 34.8. The number of unbranched alkanes of at least 4 members (excludes halogenated alkanes) is 41. The van der Waals surface area contributed by atoms with Gasteiger partial charge in [0.2, 0.25) is 5.91 Å². The maximum Gasteiger partial charge on any atom is 0.249 e. The highest BCUT2D eigenvalue weighted by Crippen LogP contribution is 2.24. The van der Waals surface area contributed by atoms with Crippen LogP contribution in [0.25, 0.3) is 0 Å². The molecule has 0 aromatic rings. The summed E-state index contributed by atoms with van der Waals surface area (Å²) < 4.78 is 11.2. The monoisotopic (exact) mass is 1010 g/mol. The Morgan fingerprint density at radius 2 is 0.789 bits per heavy atom. The highest BCUT2D eigenvalue weighted by molar-refractivity contribution is 5.80. The molecule has 0 bridgehead atoms. The molecule has 1 aliphatic heterocycles. The minimum Gasteiger partial charge on any atom is -0.394 e. The van der Waals surface area contributed by atoms with Crippen LogP contribution in [0, 0.1) is 0 Å². The number of aliphatic hydroxyl groups is 6. The maximum atomic E-state index is 13.1. The van der Waals surface area contributed by atoms with Crippen LogP contribution in [-0.4, -0.2) is 98.7 Å². The summed E-state index contributed by atoms with van der Waals surface area (Å²) in [6.07, 6.45) is 53.1.